The summed E-state index contributed by atoms with van der Waals surface area (Å²) in [7, 11) is 0. The monoisotopic (exact) mass is 471 g/mol. The van der Waals surface area contributed by atoms with Gasteiger partial charge in [-0.25, -0.2) is 0 Å². The summed E-state index contributed by atoms with van der Waals surface area (Å²) in [5, 5.41) is 0.844. The fourth-order valence-electron chi connectivity index (χ4n) is 4.63. The Morgan fingerprint density at radius 2 is 1.65 bits per heavy atom. The summed E-state index contributed by atoms with van der Waals surface area (Å²) in [5.41, 5.74) is 3.75. The van der Waals surface area contributed by atoms with Crippen molar-refractivity contribution in [1.82, 2.24) is 4.90 Å². The molecule has 0 N–H and O–H groups in total. The first-order valence-corrected chi connectivity index (χ1v) is 11.8. The predicted molar refractivity (Wildman–Crippen MR) is 136 cm³/mol. The topological polar surface area (TPSA) is 50.5 Å². The molecule has 0 radical (unpaired) electrons. The van der Waals surface area contributed by atoms with Crippen LogP contribution in [0.2, 0.25) is 5.02 Å². The minimum absolute atomic E-state index is 0.000901. The predicted octanol–water partition coefficient (Wildman–Crippen LogP) is 6.53. The van der Waals surface area contributed by atoms with Gasteiger partial charge in [-0.05, 0) is 46.7 Å². The molecule has 172 valence electrons. The number of amides is 1. The van der Waals surface area contributed by atoms with E-state index in [4.69, 9.17) is 16.0 Å². The lowest BCUT2D eigenvalue weighted by atomic mass is 9.86. The van der Waals surface area contributed by atoms with E-state index in [9.17, 15) is 9.59 Å². The van der Waals surface area contributed by atoms with E-state index >= 15 is 0 Å². The lowest BCUT2D eigenvalue weighted by molar-refractivity contribution is 0.0730. The molecule has 0 saturated carbocycles. The SMILES string of the molecule is CC(C)(C)c1ccc(C2c3c(oc4ccc(Cl)cc4c3=O)C(=O)N2CCc2ccccc2)cc1. The van der Waals surface area contributed by atoms with E-state index in [1.807, 2.05) is 42.5 Å². The number of halogens is 1. The van der Waals surface area contributed by atoms with Crippen LogP contribution in [0.25, 0.3) is 11.0 Å². The first kappa shape index (κ1) is 22.4. The summed E-state index contributed by atoms with van der Waals surface area (Å²) < 4.78 is 6.01. The number of rotatable bonds is 4. The summed E-state index contributed by atoms with van der Waals surface area (Å²) in [6.07, 6.45) is 0.677. The molecule has 1 aromatic heterocycles. The Hall–Kier alpha value is -3.37. The molecule has 4 aromatic rings. The highest BCUT2D eigenvalue weighted by atomic mass is 35.5. The third kappa shape index (κ3) is 3.92. The quantitative estimate of drug-likeness (QED) is 0.340. The average Bonchev–Trinajstić information content (AvgIpc) is 3.10. The van der Waals surface area contributed by atoms with E-state index in [1.165, 1.54) is 5.56 Å². The summed E-state index contributed by atoms with van der Waals surface area (Å²) in [4.78, 5) is 29.0. The standard InChI is InChI=1S/C29H26ClNO3/c1-29(2,3)20-11-9-19(10-12-20)25-24-26(32)22-17-21(30)13-14-23(22)34-27(24)28(33)31(25)16-15-18-7-5-4-6-8-18/h4-14,17,25H,15-16H2,1-3H3. The fraction of sp³-hybridized carbons (Fsp3) is 0.241. The molecule has 0 bridgehead atoms. The number of fused-ring (bicyclic) bond motifs is 2. The maximum Gasteiger partial charge on any atom is 0.290 e. The molecule has 4 nitrogen and oxygen atoms in total. The number of hydrogen-bond acceptors (Lipinski definition) is 3. The summed E-state index contributed by atoms with van der Waals surface area (Å²) in [5.74, 6) is -0.137. The van der Waals surface area contributed by atoms with E-state index in [2.05, 4.69) is 32.9 Å². The molecule has 0 spiro atoms. The number of benzene rings is 3. The average molecular weight is 472 g/mol. The van der Waals surface area contributed by atoms with Gasteiger partial charge in [0, 0.05) is 11.6 Å². The Balaban J connectivity index is 1.64. The van der Waals surface area contributed by atoms with Crippen LogP contribution in [-0.2, 0) is 11.8 Å². The summed E-state index contributed by atoms with van der Waals surface area (Å²) in [6, 6.07) is 22.6. The van der Waals surface area contributed by atoms with Gasteiger partial charge in [-0.15, -0.1) is 0 Å². The molecule has 5 rings (SSSR count). The largest absolute Gasteiger partial charge is 0.450 e. The van der Waals surface area contributed by atoms with Crippen LogP contribution in [0.3, 0.4) is 0 Å². The van der Waals surface area contributed by atoms with Gasteiger partial charge in [0.15, 0.2) is 5.43 Å². The van der Waals surface area contributed by atoms with E-state index in [0.717, 1.165) is 11.1 Å². The van der Waals surface area contributed by atoms with Crippen LogP contribution in [-0.4, -0.2) is 17.4 Å². The molecule has 2 heterocycles. The second kappa shape index (κ2) is 8.44. The second-order valence-corrected chi connectivity index (χ2v) is 10.3. The Kier molecular flexibility index (Phi) is 5.57. The summed E-state index contributed by atoms with van der Waals surface area (Å²) >= 11 is 6.17. The van der Waals surface area contributed by atoms with E-state index in [1.54, 1.807) is 23.1 Å². The molecule has 1 atom stereocenters. The van der Waals surface area contributed by atoms with Crippen molar-refractivity contribution < 1.29 is 9.21 Å². The van der Waals surface area contributed by atoms with Crippen molar-refractivity contribution in [2.24, 2.45) is 0 Å². The van der Waals surface area contributed by atoms with Crippen LogP contribution >= 0.6 is 11.6 Å². The highest BCUT2D eigenvalue weighted by Crippen LogP contribution is 2.39. The Morgan fingerprint density at radius 1 is 0.941 bits per heavy atom. The van der Waals surface area contributed by atoms with Gasteiger partial charge in [0.25, 0.3) is 5.91 Å². The fourth-order valence-corrected chi connectivity index (χ4v) is 4.80. The lowest BCUT2D eigenvalue weighted by Gasteiger charge is -2.26. The lowest BCUT2D eigenvalue weighted by Crippen LogP contribution is -2.31. The van der Waals surface area contributed by atoms with Crippen LogP contribution < -0.4 is 5.43 Å². The second-order valence-electron chi connectivity index (χ2n) is 9.82. The van der Waals surface area contributed by atoms with Crippen molar-refractivity contribution in [2.75, 3.05) is 6.54 Å². The smallest absolute Gasteiger partial charge is 0.290 e. The third-order valence-corrected chi connectivity index (χ3v) is 6.74. The molecule has 1 aliphatic rings. The zero-order chi connectivity index (χ0) is 24.0. The van der Waals surface area contributed by atoms with E-state index in [0.29, 0.717) is 34.5 Å². The molecular formula is C29H26ClNO3. The molecule has 1 amide bonds. The molecule has 0 fully saturated rings. The molecule has 0 saturated heterocycles. The van der Waals surface area contributed by atoms with Gasteiger partial charge >= 0.3 is 0 Å². The molecule has 1 unspecified atom stereocenters. The molecular weight excluding hydrogens is 446 g/mol. The Morgan fingerprint density at radius 3 is 2.32 bits per heavy atom. The highest BCUT2D eigenvalue weighted by molar-refractivity contribution is 6.31. The van der Waals surface area contributed by atoms with Crippen LogP contribution in [0.4, 0.5) is 0 Å². The molecule has 1 aliphatic heterocycles. The maximum absolute atomic E-state index is 13.7. The number of nitrogens with zero attached hydrogens (tertiary/aromatic N) is 1. The zero-order valence-corrected chi connectivity index (χ0v) is 20.2. The van der Waals surface area contributed by atoms with Crippen molar-refractivity contribution in [1.29, 1.82) is 0 Å². The Labute approximate surface area is 203 Å². The van der Waals surface area contributed by atoms with E-state index < -0.39 is 6.04 Å². The van der Waals surface area contributed by atoms with Gasteiger partial charge in [0.2, 0.25) is 5.76 Å². The molecule has 3 aromatic carbocycles. The third-order valence-electron chi connectivity index (χ3n) is 6.50. The van der Waals surface area contributed by atoms with Crippen LogP contribution in [0.5, 0.6) is 0 Å². The van der Waals surface area contributed by atoms with Crippen molar-refractivity contribution in [2.45, 2.75) is 38.6 Å². The number of carbonyl (C=O) groups excluding carboxylic acids is 1. The van der Waals surface area contributed by atoms with Crippen LogP contribution in [0.15, 0.2) is 82.0 Å². The van der Waals surface area contributed by atoms with Crippen molar-refractivity contribution >= 4 is 28.5 Å². The Bertz CT molecular complexity index is 1430. The zero-order valence-electron chi connectivity index (χ0n) is 19.5. The van der Waals surface area contributed by atoms with Gasteiger partial charge in [-0.1, -0.05) is 87.0 Å². The van der Waals surface area contributed by atoms with Gasteiger partial charge in [-0.3, -0.25) is 9.59 Å². The van der Waals surface area contributed by atoms with Crippen molar-refractivity contribution in [3.8, 4) is 0 Å². The normalized spacial score (nSPS) is 15.7. The minimum Gasteiger partial charge on any atom is -0.450 e. The maximum atomic E-state index is 13.7. The van der Waals surface area contributed by atoms with Crippen LogP contribution in [0, 0.1) is 0 Å². The van der Waals surface area contributed by atoms with Gasteiger partial charge < -0.3 is 9.32 Å². The number of carbonyl (C=O) groups is 1. The van der Waals surface area contributed by atoms with Crippen LogP contribution in [0.1, 0.15) is 59.6 Å². The van der Waals surface area contributed by atoms with Crippen molar-refractivity contribution in [3.63, 3.8) is 0 Å². The first-order chi connectivity index (χ1) is 16.2. The molecule has 0 aliphatic carbocycles. The summed E-state index contributed by atoms with van der Waals surface area (Å²) in [6.45, 7) is 6.95. The molecule has 5 heteroatoms. The van der Waals surface area contributed by atoms with Gasteiger partial charge in [0.1, 0.15) is 5.58 Å². The number of hydrogen-bond donors (Lipinski definition) is 0. The first-order valence-electron chi connectivity index (χ1n) is 11.5. The van der Waals surface area contributed by atoms with Gasteiger partial charge in [-0.2, -0.15) is 0 Å². The highest BCUT2D eigenvalue weighted by Gasteiger charge is 2.42. The van der Waals surface area contributed by atoms with Crippen molar-refractivity contribution in [3.05, 3.63) is 116 Å². The minimum atomic E-state index is -0.514. The van der Waals surface area contributed by atoms with E-state index in [-0.39, 0.29) is 22.5 Å². The molecule has 34 heavy (non-hydrogen) atoms. The van der Waals surface area contributed by atoms with Gasteiger partial charge in [0.05, 0.1) is 17.0 Å².